The van der Waals surface area contributed by atoms with E-state index in [1.807, 2.05) is 0 Å². The van der Waals surface area contributed by atoms with E-state index in [4.69, 9.17) is 4.74 Å². The molecule has 0 radical (unpaired) electrons. The van der Waals surface area contributed by atoms with Crippen molar-refractivity contribution in [2.24, 2.45) is 5.92 Å². The van der Waals surface area contributed by atoms with Crippen molar-refractivity contribution in [1.82, 2.24) is 15.2 Å². The summed E-state index contributed by atoms with van der Waals surface area (Å²) >= 11 is 1.00. The molecular weight excluding hydrogens is 521 g/mol. The second kappa shape index (κ2) is 16.2. The molecule has 36 heavy (non-hydrogen) atoms. The van der Waals surface area contributed by atoms with Crippen LogP contribution in [0.1, 0.15) is 43.1 Å². The summed E-state index contributed by atoms with van der Waals surface area (Å²) < 4.78 is 5.96. The van der Waals surface area contributed by atoms with Gasteiger partial charge in [-0.05, 0) is 48.9 Å². The molecule has 2 aromatic carbocycles. The molecule has 0 aliphatic carbocycles. The van der Waals surface area contributed by atoms with Crippen molar-refractivity contribution in [3.8, 4) is 5.75 Å². The first kappa shape index (κ1) is 32.4. The average Bonchev–Trinajstić information content (AvgIpc) is 3.21. The summed E-state index contributed by atoms with van der Waals surface area (Å²) in [4.78, 5) is 16.4. The second-order valence-electron chi connectivity index (χ2n) is 9.15. The Morgan fingerprint density at radius 3 is 2.53 bits per heavy atom. The number of H-pyrrole nitrogens is 1. The van der Waals surface area contributed by atoms with E-state index in [9.17, 15) is 15.0 Å². The fourth-order valence-corrected chi connectivity index (χ4v) is 4.89. The molecular formula is C26H39Cl2N3O4S. The lowest BCUT2D eigenvalue weighted by molar-refractivity contribution is 0.0609. The molecule has 10 heteroatoms. The molecule has 4 N–H and O–H groups in total. The van der Waals surface area contributed by atoms with Crippen LogP contribution in [0.15, 0.2) is 41.2 Å². The smallest absolute Gasteiger partial charge is 0.305 e. The van der Waals surface area contributed by atoms with Crippen LogP contribution >= 0.6 is 36.2 Å². The van der Waals surface area contributed by atoms with E-state index >= 15 is 0 Å². The number of aliphatic hydroxyl groups excluding tert-OH is 1. The maximum Gasteiger partial charge on any atom is 0.305 e. The number of halogens is 2. The summed E-state index contributed by atoms with van der Waals surface area (Å²) in [7, 11) is 1.75. The van der Waals surface area contributed by atoms with Crippen LogP contribution < -0.4 is 10.2 Å². The summed E-state index contributed by atoms with van der Waals surface area (Å²) in [6.45, 7) is 8.27. The molecule has 0 bridgehead atoms. The Balaban J connectivity index is 0.00000324. The summed E-state index contributed by atoms with van der Waals surface area (Å²) in [5.41, 5.74) is 3.60. The normalized spacial score (nSPS) is 12.1. The molecule has 0 saturated carbocycles. The molecule has 1 aromatic heterocycles. The molecule has 3 aromatic rings. The van der Waals surface area contributed by atoms with Crippen LogP contribution in [0.3, 0.4) is 0 Å². The van der Waals surface area contributed by atoms with Gasteiger partial charge in [-0.15, -0.1) is 24.8 Å². The highest BCUT2D eigenvalue weighted by Crippen LogP contribution is 2.31. The van der Waals surface area contributed by atoms with Gasteiger partial charge in [0, 0.05) is 32.3 Å². The van der Waals surface area contributed by atoms with Crippen molar-refractivity contribution in [3.05, 3.63) is 62.8 Å². The van der Waals surface area contributed by atoms with Crippen LogP contribution in [0.5, 0.6) is 5.75 Å². The third-order valence-corrected chi connectivity index (χ3v) is 6.85. The number of aromatic hydroxyl groups is 1. The lowest BCUT2D eigenvalue weighted by Crippen LogP contribution is -2.30. The molecule has 1 atom stereocenters. The van der Waals surface area contributed by atoms with Gasteiger partial charge in [-0.3, -0.25) is 9.69 Å². The van der Waals surface area contributed by atoms with E-state index in [1.165, 1.54) is 23.6 Å². The number of nitrogens with one attached hydrogen (secondary N) is 2. The molecule has 202 valence electrons. The van der Waals surface area contributed by atoms with Gasteiger partial charge >= 0.3 is 4.87 Å². The highest BCUT2D eigenvalue weighted by Gasteiger charge is 2.16. The molecule has 0 aliphatic heterocycles. The number of aromatic amines is 1. The Labute approximate surface area is 229 Å². The summed E-state index contributed by atoms with van der Waals surface area (Å²) in [5, 5.41) is 23.9. The Morgan fingerprint density at radius 2 is 1.83 bits per heavy atom. The monoisotopic (exact) mass is 559 g/mol. The minimum absolute atomic E-state index is 0. The summed E-state index contributed by atoms with van der Waals surface area (Å²) in [5.74, 6) is 0.698. The number of fused-ring (bicyclic) bond motifs is 1. The van der Waals surface area contributed by atoms with E-state index in [0.29, 0.717) is 35.0 Å². The maximum absolute atomic E-state index is 11.7. The molecule has 1 heterocycles. The number of nitrogens with zero attached hydrogens (tertiary/aromatic N) is 1. The number of ether oxygens (including phenoxy) is 1. The van der Waals surface area contributed by atoms with Crippen molar-refractivity contribution in [2.45, 2.75) is 39.2 Å². The molecule has 7 nitrogen and oxygen atoms in total. The third-order valence-electron chi connectivity index (χ3n) is 5.92. The van der Waals surface area contributed by atoms with Crippen molar-refractivity contribution in [2.75, 3.05) is 40.0 Å². The van der Waals surface area contributed by atoms with Crippen molar-refractivity contribution < 1.29 is 14.9 Å². The van der Waals surface area contributed by atoms with E-state index in [1.54, 1.807) is 13.2 Å². The van der Waals surface area contributed by atoms with E-state index < -0.39 is 6.10 Å². The maximum atomic E-state index is 11.7. The lowest BCUT2D eigenvalue weighted by Gasteiger charge is -2.22. The fraction of sp³-hybridized carbons (Fsp3) is 0.500. The van der Waals surface area contributed by atoms with Gasteiger partial charge in [-0.2, -0.15) is 0 Å². The first-order valence-corrected chi connectivity index (χ1v) is 12.7. The van der Waals surface area contributed by atoms with E-state index in [-0.39, 0.29) is 35.4 Å². The number of methoxy groups -OCH3 is 1. The van der Waals surface area contributed by atoms with Gasteiger partial charge in [-0.25, -0.2) is 0 Å². The molecule has 0 spiro atoms. The quantitative estimate of drug-likeness (QED) is 0.171. The predicted octanol–water partition coefficient (Wildman–Crippen LogP) is 4.50. The molecule has 1 unspecified atom stereocenters. The van der Waals surface area contributed by atoms with E-state index in [2.05, 4.69) is 53.3 Å². The largest absolute Gasteiger partial charge is 0.506 e. The minimum Gasteiger partial charge on any atom is -0.506 e. The van der Waals surface area contributed by atoms with Gasteiger partial charge in [0.25, 0.3) is 0 Å². The van der Waals surface area contributed by atoms with Crippen LogP contribution in [0.4, 0.5) is 0 Å². The molecule has 0 fully saturated rings. The number of thiazole rings is 1. The molecule has 3 rings (SSSR count). The highest BCUT2D eigenvalue weighted by atomic mass is 35.5. The number of hydrogen-bond acceptors (Lipinski definition) is 7. The van der Waals surface area contributed by atoms with Crippen LogP contribution in [0, 0.1) is 5.92 Å². The SMILES string of the molecule is COCN(CCc1cccc(CCNCC(O)c2ccc(O)c3[nH]c(=O)sc23)c1)CCC(C)C.Cl.Cl. The number of hydrogen-bond donors (Lipinski definition) is 4. The number of phenolic OH excluding ortho intramolecular Hbond substituents is 1. The number of aliphatic hydroxyl groups is 1. The number of aromatic nitrogens is 1. The van der Waals surface area contributed by atoms with Crippen LogP contribution in [0.2, 0.25) is 0 Å². The number of benzene rings is 2. The number of rotatable bonds is 14. The first-order valence-electron chi connectivity index (χ1n) is 11.9. The van der Waals surface area contributed by atoms with Crippen LogP contribution in [-0.4, -0.2) is 60.1 Å². The van der Waals surface area contributed by atoms with Crippen molar-refractivity contribution in [3.63, 3.8) is 0 Å². The standard InChI is InChI=1S/C26H37N3O4S.2ClH/c1-18(2)10-13-29(17-33-3)14-11-20-6-4-5-19(15-20)9-12-27-16-23(31)21-7-8-22(30)24-25(21)34-26(32)28-24;;/h4-8,15,18,23,27,30-31H,9-14,16-17H2,1-3H3,(H,28,32);2*1H. The first-order chi connectivity index (χ1) is 16.4. The second-order valence-corrected chi connectivity index (χ2v) is 10.1. The minimum atomic E-state index is -0.765. The van der Waals surface area contributed by atoms with Gasteiger partial charge in [0.05, 0.1) is 17.5 Å². The van der Waals surface area contributed by atoms with E-state index in [0.717, 1.165) is 43.8 Å². The van der Waals surface area contributed by atoms with Crippen LogP contribution in [-0.2, 0) is 17.6 Å². The topological polar surface area (TPSA) is 97.8 Å². The Bertz CT molecular complexity index is 1110. The Morgan fingerprint density at radius 1 is 1.11 bits per heavy atom. The third kappa shape index (κ3) is 9.67. The van der Waals surface area contributed by atoms with Gasteiger partial charge in [0.2, 0.25) is 0 Å². The fourth-order valence-electron chi connectivity index (χ4n) is 3.98. The predicted molar refractivity (Wildman–Crippen MR) is 153 cm³/mol. The molecule has 0 aliphatic rings. The zero-order valence-corrected chi connectivity index (χ0v) is 23.6. The van der Waals surface area contributed by atoms with Gasteiger partial charge in [-0.1, -0.05) is 55.5 Å². The zero-order valence-electron chi connectivity index (χ0n) is 21.2. The Hall–Kier alpha value is -1.65. The van der Waals surface area contributed by atoms with Gasteiger partial charge in [0.15, 0.2) is 0 Å². The molecule has 0 saturated heterocycles. The number of phenols is 1. The highest BCUT2D eigenvalue weighted by molar-refractivity contribution is 7.16. The molecule has 0 amide bonds. The van der Waals surface area contributed by atoms with Gasteiger partial charge < -0.3 is 25.3 Å². The summed E-state index contributed by atoms with van der Waals surface area (Å²) in [6.07, 6.45) is 2.24. The lowest BCUT2D eigenvalue weighted by atomic mass is 10.0. The van der Waals surface area contributed by atoms with Crippen molar-refractivity contribution in [1.29, 1.82) is 0 Å². The van der Waals surface area contributed by atoms with Gasteiger partial charge in [0.1, 0.15) is 11.3 Å². The average molecular weight is 561 g/mol. The van der Waals surface area contributed by atoms with Crippen LogP contribution in [0.25, 0.3) is 10.2 Å². The Kier molecular flexibility index (Phi) is 14.6. The van der Waals surface area contributed by atoms with Crippen molar-refractivity contribution >= 4 is 46.4 Å². The summed E-state index contributed by atoms with van der Waals surface area (Å²) in [6, 6.07) is 11.8. The zero-order chi connectivity index (χ0) is 24.5.